The molecule has 3 unspecified atom stereocenters. The quantitative estimate of drug-likeness (QED) is 0.179. The van der Waals surface area contributed by atoms with Crippen molar-refractivity contribution in [1.29, 1.82) is 0 Å². The molecule has 0 fully saturated rings. The van der Waals surface area contributed by atoms with E-state index in [2.05, 4.69) is 19.1 Å². The highest BCUT2D eigenvalue weighted by molar-refractivity contribution is 5.77. The van der Waals surface area contributed by atoms with E-state index in [0.29, 0.717) is 6.42 Å². The van der Waals surface area contributed by atoms with Crippen molar-refractivity contribution in [1.82, 2.24) is 0 Å². The van der Waals surface area contributed by atoms with Gasteiger partial charge in [-0.05, 0) is 32.1 Å². The van der Waals surface area contributed by atoms with Crippen molar-refractivity contribution in [2.75, 3.05) is 6.54 Å². The Morgan fingerprint density at radius 1 is 0.742 bits per heavy atom. The van der Waals surface area contributed by atoms with Crippen LogP contribution in [0.15, 0.2) is 12.2 Å². The summed E-state index contributed by atoms with van der Waals surface area (Å²) in [4.78, 5) is 36.2. The Kier molecular flexibility index (Phi) is 14.9. The largest absolute Gasteiger partial charge is 0.544 e. The van der Waals surface area contributed by atoms with E-state index in [4.69, 9.17) is 0 Å². The first-order chi connectivity index (χ1) is 14.7. The minimum absolute atomic E-state index is 0.119. The van der Waals surface area contributed by atoms with Crippen molar-refractivity contribution in [3.63, 3.8) is 0 Å². The number of aliphatic carboxylic acids is 3. The summed E-state index contributed by atoms with van der Waals surface area (Å²) >= 11 is 0. The van der Waals surface area contributed by atoms with Crippen molar-refractivity contribution in [3.8, 4) is 0 Å². The van der Waals surface area contributed by atoms with Crippen LogP contribution in [0.1, 0.15) is 98.3 Å². The van der Waals surface area contributed by atoms with Gasteiger partial charge in [-0.1, -0.05) is 59.1 Å². The van der Waals surface area contributed by atoms with Gasteiger partial charge in [0.1, 0.15) is 6.04 Å². The average molecular weight is 442 g/mol. The zero-order valence-corrected chi connectivity index (χ0v) is 19.8. The number of nitrogens with zero attached hydrogens (tertiary/aromatic N) is 1. The molecule has 31 heavy (non-hydrogen) atoms. The highest BCUT2D eigenvalue weighted by Gasteiger charge is 2.53. The summed E-state index contributed by atoms with van der Waals surface area (Å²) in [6.45, 7) is 7.36. The molecule has 0 amide bonds. The number of carbonyl (C=O) groups is 3. The molecule has 7 heteroatoms. The molecule has 3 atom stereocenters. The summed E-state index contributed by atoms with van der Waals surface area (Å²) in [6, 6.07) is -3.41. The standard InChI is InChI=1S/C24H43NO6/c1-5-9-10-11-12-13-14-15-16-17-18-25(19(6-2)22(26)27,20(7-3)23(28)29)21(8-4)24(30)31/h13-14,19-21H,5-12,15-18H2,1-4H3,(H2-,26,27,28,29,30,31)/b14-13+. The first-order valence-electron chi connectivity index (χ1n) is 11.9. The minimum atomic E-state index is -1.38. The zero-order valence-electron chi connectivity index (χ0n) is 19.8. The van der Waals surface area contributed by atoms with Gasteiger partial charge in [-0.15, -0.1) is 0 Å². The van der Waals surface area contributed by atoms with Crippen LogP contribution in [0, 0.1) is 0 Å². The van der Waals surface area contributed by atoms with Crippen molar-refractivity contribution in [3.05, 3.63) is 12.2 Å². The fourth-order valence-corrected chi connectivity index (χ4v) is 4.83. The Morgan fingerprint density at radius 3 is 1.55 bits per heavy atom. The Labute approximate surface area is 187 Å². The summed E-state index contributed by atoms with van der Waals surface area (Å²) in [5, 5.41) is 31.8. The fourth-order valence-electron chi connectivity index (χ4n) is 4.83. The lowest BCUT2D eigenvalue weighted by atomic mass is 9.94. The lowest BCUT2D eigenvalue weighted by Crippen LogP contribution is -2.73. The van der Waals surface area contributed by atoms with Crippen LogP contribution in [-0.2, 0) is 14.4 Å². The van der Waals surface area contributed by atoms with Gasteiger partial charge >= 0.3 is 11.9 Å². The molecule has 0 saturated heterocycles. The van der Waals surface area contributed by atoms with E-state index < -0.39 is 40.5 Å². The van der Waals surface area contributed by atoms with E-state index in [1.165, 1.54) is 25.7 Å². The second-order valence-corrected chi connectivity index (χ2v) is 8.30. The number of hydrogen-bond donors (Lipinski definition) is 2. The third-order valence-corrected chi connectivity index (χ3v) is 6.30. The van der Waals surface area contributed by atoms with Crippen molar-refractivity contribution in [2.45, 2.75) is 116 Å². The number of carboxylic acid groups (broad SMARTS) is 3. The molecular formula is C24H43NO6. The van der Waals surface area contributed by atoms with Gasteiger partial charge in [0.2, 0.25) is 0 Å². The Hall–Kier alpha value is -1.89. The highest BCUT2D eigenvalue weighted by atomic mass is 16.4. The maximum Gasteiger partial charge on any atom is 0.362 e. The van der Waals surface area contributed by atoms with Gasteiger partial charge in [0, 0.05) is 19.3 Å². The summed E-state index contributed by atoms with van der Waals surface area (Å²) in [6.07, 6.45) is 12.7. The van der Waals surface area contributed by atoms with Crippen LogP contribution >= 0.6 is 0 Å². The second-order valence-electron chi connectivity index (χ2n) is 8.30. The van der Waals surface area contributed by atoms with Crippen LogP contribution in [0.2, 0.25) is 0 Å². The number of allylic oxidation sites excluding steroid dienone is 2. The van der Waals surface area contributed by atoms with Crippen LogP contribution in [0.3, 0.4) is 0 Å². The van der Waals surface area contributed by atoms with E-state index in [9.17, 15) is 29.7 Å². The zero-order chi connectivity index (χ0) is 23.9. The lowest BCUT2D eigenvalue weighted by Gasteiger charge is -2.51. The SMILES string of the molecule is CCCCCC/C=C/CCCC[N+](C(CC)C(=O)[O-])(C(CC)C(=O)O)C(CC)C(=O)O. The van der Waals surface area contributed by atoms with Gasteiger partial charge in [-0.2, -0.15) is 0 Å². The molecule has 0 aliphatic rings. The fraction of sp³-hybridized carbons (Fsp3) is 0.792. The maximum absolute atomic E-state index is 12.1. The molecule has 2 N–H and O–H groups in total. The number of quaternary nitrogens is 1. The number of rotatable bonds is 19. The first kappa shape index (κ1) is 29.1. The summed E-state index contributed by atoms with van der Waals surface area (Å²) in [7, 11) is 0. The molecule has 7 nitrogen and oxygen atoms in total. The normalized spacial score (nSPS) is 16.5. The maximum atomic E-state index is 12.1. The van der Waals surface area contributed by atoms with E-state index >= 15 is 0 Å². The second kappa shape index (κ2) is 15.8. The van der Waals surface area contributed by atoms with Gasteiger partial charge in [0.15, 0.2) is 12.1 Å². The van der Waals surface area contributed by atoms with Crippen LogP contribution in [0.4, 0.5) is 0 Å². The molecule has 0 spiro atoms. The summed E-state index contributed by atoms with van der Waals surface area (Å²) in [5.41, 5.74) is 0. The molecule has 0 aliphatic carbocycles. The molecule has 0 rings (SSSR count). The van der Waals surface area contributed by atoms with Crippen molar-refractivity contribution < 1.29 is 34.2 Å². The Morgan fingerprint density at radius 2 is 1.19 bits per heavy atom. The van der Waals surface area contributed by atoms with E-state index in [1.54, 1.807) is 20.8 Å². The van der Waals surface area contributed by atoms with E-state index in [-0.39, 0.29) is 25.8 Å². The molecule has 0 bridgehead atoms. The van der Waals surface area contributed by atoms with Crippen LogP contribution in [-0.4, -0.2) is 57.3 Å². The van der Waals surface area contributed by atoms with Gasteiger partial charge in [-0.3, -0.25) is 4.48 Å². The smallest absolute Gasteiger partial charge is 0.362 e. The van der Waals surface area contributed by atoms with Gasteiger partial charge < -0.3 is 20.1 Å². The third kappa shape index (κ3) is 8.63. The predicted octanol–water partition coefficient (Wildman–Crippen LogP) is 3.76. The van der Waals surface area contributed by atoms with Crippen LogP contribution in [0.5, 0.6) is 0 Å². The Balaban J connectivity index is 5.56. The lowest BCUT2D eigenvalue weighted by molar-refractivity contribution is -0.974. The molecule has 180 valence electrons. The monoisotopic (exact) mass is 441 g/mol. The average Bonchev–Trinajstić information content (AvgIpc) is 2.69. The topological polar surface area (TPSA) is 115 Å². The summed E-state index contributed by atoms with van der Waals surface area (Å²) in [5.74, 6) is -3.70. The molecular weight excluding hydrogens is 398 g/mol. The van der Waals surface area contributed by atoms with E-state index in [0.717, 1.165) is 19.3 Å². The predicted molar refractivity (Wildman–Crippen MR) is 119 cm³/mol. The van der Waals surface area contributed by atoms with Crippen molar-refractivity contribution >= 4 is 17.9 Å². The van der Waals surface area contributed by atoms with Crippen molar-refractivity contribution in [2.24, 2.45) is 0 Å². The number of carboxylic acids is 3. The molecule has 0 saturated carbocycles. The molecule has 0 aromatic heterocycles. The van der Waals surface area contributed by atoms with Gasteiger partial charge in [0.05, 0.1) is 12.5 Å². The van der Waals surface area contributed by atoms with Gasteiger partial charge in [-0.25, -0.2) is 9.59 Å². The first-order valence-corrected chi connectivity index (χ1v) is 11.9. The summed E-state index contributed by atoms with van der Waals surface area (Å²) < 4.78 is -0.489. The molecule has 0 aromatic rings. The molecule has 0 aromatic carbocycles. The number of unbranched alkanes of at least 4 members (excludes halogenated alkanes) is 6. The Bertz CT molecular complexity index is 519. The van der Waals surface area contributed by atoms with Crippen LogP contribution in [0.25, 0.3) is 0 Å². The van der Waals surface area contributed by atoms with Crippen LogP contribution < -0.4 is 5.11 Å². The number of hydrogen-bond acceptors (Lipinski definition) is 4. The number of carbonyl (C=O) groups excluding carboxylic acids is 1. The highest BCUT2D eigenvalue weighted by Crippen LogP contribution is 2.32. The molecule has 0 heterocycles. The van der Waals surface area contributed by atoms with Gasteiger partial charge in [0.25, 0.3) is 0 Å². The molecule has 0 radical (unpaired) electrons. The minimum Gasteiger partial charge on any atom is -0.544 e. The van der Waals surface area contributed by atoms with E-state index in [1.807, 2.05) is 0 Å². The molecule has 0 aliphatic heterocycles. The third-order valence-electron chi connectivity index (χ3n) is 6.30.